The number of hydrogen-bond donors (Lipinski definition) is 1. The van der Waals surface area contributed by atoms with E-state index in [0.29, 0.717) is 12.0 Å². The van der Waals surface area contributed by atoms with E-state index in [0.717, 1.165) is 25.0 Å². The van der Waals surface area contributed by atoms with Crippen LogP contribution in [0.5, 0.6) is 0 Å². The first-order valence-corrected chi connectivity index (χ1v) is 8.00. The van der Waals surface area contributed by atoms with Gasteiger partial charge in [-0.2, -0.15) is 0 Å². The predicted octanol–water partition coefficient (Wildman–Crippen LogP) is 2.62. The molecule has 1 heterocycles. The number of ether oxygens (including phenoxy) is 1. The average molecular weight is 270 g/mol. The highest BCUT2D eigenvalue weighted by Gasteiger charge is 2.28. The van der Waals surface area contributed by atoms with Gasteiger partial charge in [0, 0.05) is 18.5 Å². The molecule has 0 amide bonds. The maximum Gasteiger partial charge on any atom is 0.0623 e. The third-order valence-corrected chi connectivity index (χ3v) is 4.11. The number of nitrogens with one attached hydrogen (secondary N) is 1. The molecule has 0 aromatic rings. The van der Waals surface area contributed by atoms with Gasteiger partial charge in [0.2, 0.25) is 0 Å². The Morgan fingerprint density at radius 1 is 1.05 bits per heavy atom. The number of likely N-dealkylation sites (N-methyl/N-ethyl adjacent to an activating group) is 1. The molecule has 1 aliphatic rings. The molecule has 0 bridgehead atoms. The molecular formula is C16H34N2O. The van der Waals surface area contributed by atoms with Crippen molar-refractivity contribution < 1.29 is 4.74 Å². The van der Waals surface area contributed by atoms with Crippen molar-refractivity contribution in [1.29, 1.82) is 0 Å². The van der Waals surface area contributed by atoms with Crippen molar-refractivity contribution in [1.82, 2.24) is 10.2 Å². The number of rotatable bonds is 9. The largest absolute Gasteiger partial charge is 0.379 e. The number of hydrogen-bond acceptors (Lipinski definition) is 3. The molecule has 3 heteroatoms. The first-order valence-electron chi connectivity index (χ1n) is 8.00. The average Bonchev–Trinajstić information content (AvgIpc) is 2.79. The van der Waals surface area contributed by atoms with Crippen molar-refractivity contribution in [2.24, 2.45) is 17.8 Å². The van der Waals surface area contributed by atoms with Gasteiger partial charge in [-0.05, 0) is 44.8 Å². The maximum atomic E-state index is 5.62. The molecule has 1 saturated heterocycles. The molecule has 3 nitrogen and oxygen atoms in total. The van der Waals surface area contributed by atoms with Crippen LogP contribution < -0.4 is 5.32 Å². The first-order chi connectivity index (χ1) is 9.02. The van der Waals surface area contributed by atoms with E-state index in [-0.39, 0.29) is 0 Å². The lowest BCUT2D eigenvalue weighted by Crippen LogP contribution is -2.41. The molecule has 0 radical (unpaired) electrons. The predicted molar refractivity (Wildman–Crippen MR) is 82.5 cm³/mol. The van der Waals surface area contributed by atoms with E-state index in [4.69, 9.17) is 4.74 Å². The Kier molecular flexibility index (Phi) is 7.96. The fourth-order valence-corrected chi connectivity index (χ4v) is 2.61. The second kappa shape index (κ2) is 8.93. The zero-order valence-corrected chi connectivity index (χ0v) is 13.6. The Labute approximate surface area is 120 Å². The van der Waals surface area contributed by atoms with Crippen LogP contribution in [0.15, 0.2) is 0 Å². The van der Waals surface area contributed by atoms with Gasteiger partial charge in [-0.3, -0.25) is 0 Å². The summed E-state index contributed by atoms with van der Waals surface area (Å²) in [7, 11) is 2.05. The zero-order valence-electron chi connectivity index (χ0n) is 13.6. The highest BCUT2D eigenvalue weighted by atomic mass is 16.5. The van der Waals surface area contributed by atoms with E-state index < -0.39 is 0 Å². The van der Waals surface area contributed by atoms with E-state index in [9.17, 15) is 0 Å². The van der Waals surface area contributed by atoms with Crippen LogP contribution in [0.1, 0.15) is 40.5 Å². The standard InChI is InChI=1S/C16H34N2O/c1-13(2)6-8-18(9-7-14(3)4)10-15-11-19-12-16(15)17-5/h13-17H,6-12H2,1-5H3. The summed E-state index contributed by atoms with van der Waals surface area (Å²) in [5.41, 5.74) is 0. The van der Waals surface area contributed by atoms with Crippen molar-refractivity contribution in [3.63, 3.8) is 0 Å². The SMILES string of the molecule is CNC1COCC1CN(CCC(C)C)CCC(C)C. The monoisotopic (exact) mass is 270 g/mol. The van der Waals surface area contributed by atoms with E-state index >= 15 is 0 Å². The van der Waals surface area contributed by atoms with Gasteiger partial charge in [0.1, 0.15) is 0 Å². The van der Waals surface area contributed by atoms with Gasteiger partial charge in [0.25, 0.3) is 0 Å². The molecule has 19 heavy (non-hydrogen) atoms. The molecule has 0 spiro atoms. The third kappa shape index (κ3) is 6.73. The fourth-order valence-electron chi connectivity index (χ4n) is 2.61. The molecule has 0 aliphatic carbocycles. The van der Waals surface area contributed by atoms with E-state index in [1.807, 2.05) is 0 Å². The van der Waals surface area contributed by atoms with Crippen LogP contribution >= 0.6 is 0 Å². The number of nitrogens with zero attached hydrogens (tertiary/aromatic N) is 1. The molecule has 114 valence electrons. The van der Waals surface area contributed by atoms with Crippen LogP contribution in [0.4, 0.5) is 0 Å². The summed E-state index contributed by atoms with van der Waals surface area (Å²) < 4.78 is 5.62. The molecule has 1 rings (SSSR count). The fraction of sp³-hybridized carbons (Fsp3) is 1.00. The van der Waals surface area contributed by atoms with E-state index in [1.54, 1.807) is 0 Å². The van der Waals surface area contributed by atoms with E-state index in [1.165, 1.54) is 32.5 Å². The first kappa shape index (κ1) is 16.9. The van der Waals surface area contributed by atoms with Gasteiger partial charge in [0.05, 0.1) is 13.2 Å². The smallest absolute Gasteiger partial charge is 0.0623 e. The molecule has 1 fully saturated rings. The molecule has 0 aromatic carbocycles. The maximum absolute atomic E-state index is 5.62. The molecule has 1 aliphatic heterocycles. The lowest BCUT2D eigenvalue weighted by atomic mass is 10.0. The zero-order chi connectivity index (χ0) is 14.3. The second-order valence-corrected chi connectivity index (χ2v) is 6.86. The van der Waals surface area contributed by atoms with Crippen molar-refractivity contribution >= 4 is 0 Å². The van der Waals surface area contributed by atoms with Crippen molar-refractivity contribution in [2.75, 3.05) is 39.9 Å². The normalized spacial score (nSPS) is 24.0. The molecule has 2 atom stereocenters. The summed E-state index contributed by atoms with van der Waals surface area (Å²) in [5.74, 6) is 2.24. The summed E-state index contributed by atoms with van der Waals surface area (Å²) in [6.45, 7) is 14.7. The summed E-state index contributed by atoms with van der Waals surface area (Å²) in [6.07, 6.45) is 2.60. The summed E-state index contributed by atoms with van der Waals surface area (Å²) in [5, 5.41) is 3.40. The van der Waals surface area contributed by atoms with Gasteiger partial charge >= 0.3 is 0 Å². The van der Waals surface area contributed by atoms with Crippen molar-refractivity contribution in [3.05, 3.63) is 0 Å². The van der Waals surface area contributed by atoms with Crippen LogP contribution in [-0.4, -0.2) is 50.8 Å². The topological polar surface area (TPSA) is 24.5 Å². The Bertz CT molecular complexity index is 219. The van der Waals surface area contributed by atoms with Crippen LogP contribution in [0.25, 0.3) is 0 Å². The minimum atomic E-state index is 0.542. The van der Waals surface area contributed by atoms with Gasteiger partial charge in [0.15, 0.2) is 0 Å². The lowest BCUT2D eigenvalue weighted by molar-refractivity contribution is 0.162. The minimum absolute atomic E-state index is 0.542. The molecule has 1 N–H and O–H groups in total. The molecule has 0 aromatic heterocycles. The summed E-state index contributed by atoms with van der Waals surface area (Å²) in [6, 6.07) is 0.542. The van der Waals surface area contributed by atoms with E-state index in [2.05, 4.69) is 45.0 Å². The van der Waals surface area contributed by atoms with Gasteiger partial charge < -0.3 is 15.0 Å². The van der Waals surface area contributed by atoms with Crippen LogP contribution in [0.3, 0.4) is 0 Å². The van der Waals surface area contributed by atoms with Crippen LogP contribution in [0.2, 0.25) is 0 Å². The third-order valence-electron chi connectivity index (χ3n) is 4.11. The molecule has 2 unspecified atom stereocenters. The van der Waals surface area contributed by atoms with Crippen molar-refractivity contribution in [3.8, 4) is 0 Å². The van der Waals surface area contributed by atoms with Gasteiger partial charge in [-0.1, -0.05) is 27.7 Å². The van der Waals surface area contributed by atoms with Crippen LogP contribution in [-0.2, 0) is 4.74 Å². The lowest BCUT2D eigenvalue weighted by Gasteiger charge is -2.28. The Balaban J connectivity index is 2.42. The quantitative estimate of drug-likeness (QED) is 0.697. The second-order valence-electron chi connectivity index (χ2n) is 6.86. The highest BCUT2D eigenvalue weighted by Crippen LogP contribution is 2.17. The highest BCUT2D eigenvalue weighted by molar-refractivity contribution is 4.82. The summed E-state index contributed by atoms with van der Waals surface area (Å²) in [4.78, 5) is 2.66. The Hall–Kier alpha value is -0.120. The molecular weight excluding hydrogens is 236 g/mol. The Morgan fingerprint density at radius 2 is 1.63 bits per heavy atom. The summed E-state index contributed by atoms with van der Waals surface area (Å²) >= 11 is 0. The van der Waals surface area contributed by atoms with Crippen molar-refractivity contribution in [2.45, 2.75) is 46.6 Å². The van der Waals surface area contributed by atoms with Gasteiger partial charge in [-0.15, -0.1) is 0 Å². The van der Waals surface area contributed by atoms with Gasteiger partial charge in [-0.25, -0.2) is 0 Å². The minimum Gasteiger partial charge on any atom is -0.379 e. The Morgan fingerprint density at radius 3 is 2.11 bits per heavy atom. The molecule has 0 saturated carbocycles. The van der Waals surface area contributed by atoms with Crippen LogP contribution in [0, 0.1) is 17.8 Å².